The highest BCUT2D eigenvalue weighted by Gasteiger charge is 2.52. The summed E-state index contributed by atoms with van der Waals surface area (Å²) in [7, 11) is -0.591. The molecule has 1 aliphatic rings. The summed E-state index contributed by atoms with van der Waals surface area (Å²) in [5.41, 5.74) is 0.0260. The van der Waals surface area contributed by atoms with Crippen LogP contribution in [0.3, 0.4) is 0 Å². The van der Waals surface area contributed by atoms with E-state index in [1.54, 1.807) is 6.07 Å². The lowest BCUT2D eigenvalue weighted by molar-refractivity contribution is -0.116. The van der Waals surface area contributed by atoms with Crippen molar-refractivity contribution in [2.24, 2.45) is 0 Å². The van der Waals surface area contributed by atoms with E-state index in [0.717, 1.165) is 0 Å². The number of nitrogens with zero attached hydrogens (tertiary/aromatic N) is 1. The molecule has 0 spiro atoms. The summed E-state index contributed by atoms with van der Waals surface area (Å²) in [6, 6.07) is 3.17. The van der Waals surface area contributed by atoms with Gasteiger partial charge in [0, 0.05) is 0 Å². The predicted molar refractivity (Wildman–Crippen MR) is 76.0 cm³/mol. The van der Waals surface area contributed by atoms with Crippen LogP contribution in [0.1, 0.15) is 40.3 Å². The van der Waals surface area contributed by atoms with Crippen LogP contribution in [-0.2, 0) is 20.5 Å². The summed E-state index contributed by atoms with van der Waals surface area (Å²) in [6.07, 6.45) is 0.0964. The molecule has 5 nitrogen and oxygen atoms in total. The van der Waals surface area contributed by atoms with Gasteiger partial charge in [-0.2, -0.15) is 0 Å². The molecular weight excluding hydrogens is 257 g/mol. The largest absolute Gasteiger partial charge is 0.514 e. The standard InChI is InChI=1S/C14H20BNO4/c1-9(17)8-10-11(18)6-7-12(16-10)15-19-13(2,3)14(4,5)20-15/h6-7,18H,8H2,1-5H3. The third kappa shape index (κ3) is 2.71. The molecule has 2 heterocycles. The van der Waals surface area contributed by atoms with Gasteiger partial charge in [0.15, 0.2) is 0 Å². The smallest absolute Gasteiger partial charge is 0.506 e. The minimum atomic E-state index is -0.591. The Morgan fingerprint density at radius 3 is 2.30 bits per heavy atom. The van der Waals surface area contributed by atoms with Gasteiger partial charge in [-0.15, -0.1) is 0 Å². The van der Waals surface area contributed by atoms with Crippen LogP contribution in [-0.4, -0.2) is 34.2 Å². The Balaban J connectivity index is 2.29. The highest BCUT2D eigenvalue weighted by Crippen LogP contribution is 2.36. The summed E-state index contributed by atoms with van der Waals surface area (Å²) < 4.78 is 11.8. The Kier molecular flexibility index (Phi) is 3.65. The second kappa shape index (κ2) is 4.86. The quantitative estimate of drug-likeness (QED) is 0.841. The van der Waals surface area contributed by atoms with Crippen LogP contribution in [0, 0.1) is 0 Å². The van der Waals surface area contributed by atoms with Crippen molar-refractivity contribution in [1.29, 1.82) is 0 Å². The predicted octanol–water partition coefficient (Wildman–Crippen LogP) is 1.22. The fourth-order valence-corrected chi connectivity index (χ4v) is 1.97. The number of aromatic nitrogens is 1. The van der Waals surface area contributed by atoms with E-state index in [4.69, 9.17) is 9.31 Å². The van der Waals surface area contributed by atoms with E-state index >= 15 is 0 Å². The Bertz CT molecular complexity index is 526. The Morgan fingerprint density at radius 1 is 1.25 bits per heavy atom. The van der Waals surface area contributed by atoms with Crippen LogP contribution in [0.2, 0.25) is 0 Å². The van der Waals surface area contributed by atoms with Gasteiger partial charge >= 0.3 is 7.12 Å². The number of pyridine rings is 1. The summed E-state index contributed by atoms with van der Waals surface area (Å²) in [5, 5.41) is 9.74. The average molecular weight is 277 g/mol. The van der Waals surface area contributed by atoms with Gasteiger partial charge in [0.1, 0.15) is 11.5 Å². The molecule has 1 fully saturated rings. The first-order valence-corrected chi connectivity index (χ1v) is 6.66. The number of rotatable bonds is 3. The third-order valence-electron chi connectivity index (χ3n) is 3.88. The van der Waals surface area contributed by atoms with Crippen LogP contribution in [0.15, 0.2) is 12.1 Å². The number of carbonyl (C=O) groups excluding carboxylic acids is 1. The molecule has 1 saturated heterocycles. The molecule has 0 atom stereocenters. The van der Waals surface area contributed by atoms with Crippen molar-refractivity contribution in [3.8, 4) is 5.75 Å². The van der Waals surface area contributed by atoms with E-state index in [9.17, 15) is 9.90 Å². The van der Waals surface area contributed by atoms with Crippen LogP contribution in [0.4, 0.5) is 0 Å². The maximum Gasteiger partial charge on any atom is 0.514 e. The monoisotopic (exact) mass is 277 g/mol. The molecule has 2 rings (SSSR count). The first kappa shape index (κ1) is 15.0. The summed E-state index contributed by atoms with van der Waals surface area (Å²) in [4.78, 5) is 15.5. The fraction of sp³-hybridized carbons (Fsp3) is 0.571. The molecule has 1 aromatic rings. The second-order valence-electron chi connectivity index (χ2n) is 6.17. The summed E-state index contributed by atoms with van der Waals surface area (Å²) >= 11 is 0. The molecule has 0 aliphatic carbocycles. The maximum atomic E-state index is 11.2. The normalized spacial score (nSPS) is 20.1. The van der Waals surface area contributed by atoms with E-state index in [1.807, 2.05) is 27.7 Å². The Hall–Kier alpha value is -1.40. The van der Waals surface area contributed by atoms with Crippen molar-refractivity contribution in [3.63, 3.8) is 0 Å². The lowest BCUT2D eigenvalue weighted by Crippen LogP contribution is -2.41. The number of Topliss-reactive ketones (excluding diaryl/α,β-unsaturated/α-hetero) is 1. The second-order valence-corrected chi connectivity index (χ2v) is 6.17. The fourth-order valence-electron chi connectivity index (χ4n) is 1.97. The van der Waals surface area contributed by atoms with Gasteiger partial charge in [-0.3, -0.25) is 9.78 Å². The van der Waals surface area contributed by atoms with Gasteiger partial charge in [0.25, 0.3) is 0 Å². The number of hydrogen-bond donors (Lipinski definition) is 1. The minimum absolute atomic E-state index is 0.0143. The van der Waals surface area contributed by atoms with E-state index in [2.05, 4.69) is 4.98 Å². The molecule has 0 aromatic carbocycles. The van der Waals surface area contributed by atoms with Crippen molar-refractivity contribution < 1.29 is 19.2 Å². The zero-order valence-corrected chi connectivity index (χ0v) is 12.6. The zero-order chi connectivity index (χ0) is 15.1. The van der Waals surface area contributed by atoms with Crippen LogP contribution < -0.4 is 5.59 Å². The third-order valence-corrected chi connectivity index (χ3v) is 3.88. The van der Waals surface area contributed by atoms with Crippen molar-refractivity contribution in [3.05, 3.63) is 17.8 Å². The van der Waals surface area contributed by atoms with Crippen LogP contribution >= 0.6 is 0 Å². The maximum absolute atomic E-state index is 11.2. The van der Waals surface area contributed by atoms with Gasteiger partial charge in [0.2, 0.25) is 0 Å². The van der Waals surface area contributed by atoms with E-state index < -0.39 is 18.3 Å². The molecule has 0 amide bonds. The van der Waals surface area contributed by atoms with E-state index in [-0.39, 0.29) is 18.0 Å². The summed E-state index contributed by atoms with van der Waals surface area (Å²) in [6.45, 7) is 9.31. The van der Waals surface area contributed by atoms with Gasteiger partial charge in [-0.05, 0) is 46.8 Å². The molecule has 6 heteroatoms. The molecule has 20 heavy (non-hydrogen) atoms. The summed E-state index contributed by atoms with van der Waals surface area (Å²) in [5.74, 6) is -0.0423. The molecule has 1 aliphatic heterocycles. The first-order chi connectivity index (χ1) is 9.12. The zero-order valence-electron chi connectivity index (χ0n) is 12.6. The number of ketones is 1. The molecule has 0 saturated carbocycles. The van der Waals surface area contributed by atoms with Gasteiger partial charge in [-0.1, -0.05) is 0 Å². The highest BCUT2D eigenvalue weighted by molar-refractivity contribution is 6.61. The highest BCUT2D eigenvalue weighted by atomic mass is 16.7. The van der Waals surface area contributed by atoms with Crippen molar-refractivity contribution >= 4 is 18.5 Å². The van der Waals surface area contributed by atoms with Crippen LogP contribution in [0.5, 0.6) is 5.75 Å². The SMILES string of the molecule is CC(=O)Cc1nc(B2OC(C)(C)C(C)(C)O2)ccc1O. The number of carbonyl (C=O) groups is 1. The lowest BCUT2D eigenvalue weighted by atomic mass is 9.84. The topological polar surface area (TPSA) is 68.7 Å². The Morgan fingerprint density at radius 2 is 1.80 bits per heavy atom. The molecule has 0 bridgehead atoms. The van der Waals surface area contributed by atoms with Crippen molar-refractivity contribution in [2.75, 3.05) is 0 Å². The lowest BCUT2D eigenvalue weighted by Gasteiger charge is -2.32. The molecule has 0 radical (unpaired) electrons. The molecule has 108 valence electrons. The van der Waals surface area contributed by atoms with Gasteiger partial charge in [0.05, 0.1) is 28.9 Å². The average Bonchev–Trinajstić information content (AvgIpc) is 2.50. The van der Waals surface area contributed by atoms with Gasteiger partial charge in [-0.25, -0.2) is 0 Å². The molecular formula is C14H20BNO4. The molecule has 1 aromatic heterocycles. The number of aromatic hydroxyl groups is 1. The van der Waals surface area contributed by atoms with Gasteiger partial charge < -0.3 is 14.4 Å². The molecule has 0 unspecified atom stereocenters. The van der Waals surface area contributed by atoms with Crippen molar-refractivity contribution in [2.45, 2.75) is 52.2 Å². The van der Waals surface area contributed by atoms with E-state index in [0.29, 0.717) is 11.3 Å². The minimum Gasteiger partial charge on any atom is -0.506 e. The first-order valence-electron chi connectivity index (χ1n) is 6.66. The van der Waals surface area contributed by atoms with Crippen molar-refractivity contribution in [1.82, 2.24) is 4.98 Å². The number of hydrogen-bond acceptors (Lipinski definition) is 5. The molecule has 1 N–H and O–H groups in total. The van der Waals surface area contributed by atoms with Crippen LogP contribution in [0.25, 0.3) is 0 Å². The van der Waals surface area contributed by atoms with E-state index in [1.165, 1.54) is 13.0 Å². The Labute approximate surface area is 119 Å².